The quantitative estimate of drug-likeness (QED) is 0.188. The summed E-state index contributed by atoms with van der Waals surface area (Å²) in [5.41, 5.74) is 11.9. The first-order valence-corrected chi connectivity index (χ1v) is 16.5. The fourth-order valence-corrected chi connectivity index (χ4v) is 7.73. The molecule has 0 saturated carbocycles. The van der Waals surface area contributed by atoms with Gasteiger partial charge in [0.25, 0.3) is 0 Å². The maximum Gasteiger partial charge on any atom is 0.0619 e. The van der Waals surface area contributed by atoms with Crippen molar-refractivity contribution in [3.63, 3.8) is 0 Å². The molecule has 0 bridgehead atoms. The summed E-state index contributed by atoms with van der Waals surface area (Å²) >= 11 is 0. The Bertz CT molecular complexity index is 2780. The van der Waals surface area contributed by atoms with Crippen molar-refractivity contribution in [2.45, 2.75) is 0 Å². The predicted octanol–water partition coefficient (Wildman–Crippen LogP) is 12.4. The first-order chi connectivity index (χ1) is 23.8. The largest absolute Gasteiger partial charge is 0.309 e. The minimum Gasteiger partial charge on any atom is -0.309 e. The lowest BCUT2D eigenvalue weighted by Crippen LogP contribution is -1.97. The third kappa shape index (κ3) is 4.06. The molecule has 0 aliphatic rings. The molecular weight excluding hydrogens is 581 g/mol. The molecule has 48 heavy (non-hydrogen) atoms. The predicted molar refractivity (Wildman–Crippen MR) is 203 cm³/mol. The van der Waals surface area contributed by atoms with Gasteiger partial charge in [0.1, 0.15) is 0 Å². The number of aromatic nitrogens is 2. The van der Waals surface area contributed by atoms with E-state index in [1.807, 2.05) is 0 Å². The first-order valence-electron chi connectivity index (χ1n) is 16.5. The van der Waals surface area contributed by atoms with Crippen molar-refractivity contribution in [2.75, 3.05) is 0 Å². The number of hydrogen-bond acceptors (Lipinski definition) is 0. The molecule has 0 saturated heterocycles. The lowest BCUT2D eigenvalue weighted by Gasteiger charge is -2.15. The lowest BCUT2D eigenvalue weighted by atomic mass is 9.97. The second-order valence-corrected chi connectivity index (χ2v) is 12.6. The van der Waals surface area contributed by atoms with Crippen molar-refractivity contribution >= 4 is 54.4 Å². The molecule has 2 aromatic heterocycles. The average molecular weight is 611 g/mol. The summed E-state index contributed by atoms with van der Waals surface area (Å²) in [6.45, 7) is 0. The SMILES string of the molecule is c1ccc(-c2cc(-c3cccc(-n4c5ccccc5c5ccc6ccccc6c54)c3)cc(-n3c4ccccc4c4ccccc43)c2)cc1. The van der Waals surface area contributed by atoms with Crippen LogP contribution >= 0.6 is 0 Å². The minimum atomic E-state index is 1.15. The number of rotatable bonds is 4. The summed E-state index contributed by atoms with van der Waals surface area (Å²) < 4.78 is 4.87. The monoisotopic (exact) mass is 610 g/mol. The van der Waals surface area contributed by atoms with Crippen LogP contribution in [0.3, 0.4) is 0 Å². The van der Waals surface area contributed by atoms with Crippen LogP contribution in [0.2, 0.25) is 0 Å². The third-order valence-corrected chi connectivity index (χ3v) is 9.86. The van der Waals surface area contributed by atoms with E-state index in [9.17, 15) is 0 Å². The zero-order chi connectivity index (χ0) is 31.6. The van der Waals surface area contributed by atoms with Crippen LogP contribution in [0.4, 0.5) is 0 Å². The molecule has 0 unspecified atom stereocenters. The smallest absolute Gasteiger partial charge is 0.0619 e. The second kappa shape index (κ2) is 10.6. The summed E-state index contributed by atoms with van der Waals surface area (Å²) in [6.07, 6.45) is 0. The molecule has 0 fully saturated rings. The Morgan fingerprint density at radius 1 is 0.271 bits per heavy atom. The van der Waals surface area contributed by atoms with Crippen molar-refractivity contribution in [1.82, 2.24) is 9.13 Å². The highest BCUT2D eigenvalue weighted by Crippen LogP contribution is 2.39. The molecule has 2 nitrogen and oxygen atoms in total. The van der Waals surface area contributed by atoms with Crippen molar-refractivity contribution in [3.8, 4) is 33.6 Å². The van der Waals surface area contributed by atoms with Gasteiger partial charge in [-0.15, -0.1) is 0 Å². The molecule has 2 heteroatoms. The molecule has 0 spiro atoms. The number of benzene rings is 8. The summed E-state index contributed by atoms with van der Waals surface area (Å²) in [4.78, 5) is 0. The summed E-state index contributed by atoms with van der Waals surface area (Å²) in [5, 5.41) is 7.58. The van der Waals surface area contributed by atoms with E-state index in [1.54, 1.807) is 0 Å². The van der Waals surface area contributed by atoms with E-state index in [1.165, 1.54) is 76.6 Å². The van der Waals surface area contributed by atoms with Gasteiger partial charge in [0.15, 0.2) is 0 Å². The molecule has 10 rings (SSSR count). The molecule has 0 amide bonds. The minimum absolute atomic E-state index is 1.15. The third-order valence-electron chi connectivity index (χ3n) is 9.86. The highest BCUT2D eigenvalue weighted by molar-refractivity contribution is 6.18. The van der Waals surface area contributed by atoms with Crippen molar-refractivity contribution in [3.05, 3.63) is 182 Å². The van der Waals surface area contributed by atoms with E-state index < -0.39 is 0 Å². The van der Waals surface area contributed by atoms with Crippen LogP contribution in [0.15, 0.2) is 182 Å². The lowest BCUT2D eigenvalue weighted by molar-refractivity contribution is 1.18. The van der Waals surface area contributed by atoms with Crippen LogP contribution in [0.25, 0.3) is 88.0 Å². The van der Waals surface area contributed by atoms with E-state index in [0.29, 0.717) is 0 Å². The molecular formula is C46H30N2. The van der Waals surface area contributed by atoms with Gasteiger partial charge in [-0.1, -0.05) is 133 Å². The van der Waals surface area contributed by atoms with Gasteiger partial charge in [-0.2, -0.15) is 0 Å². The zero-order valence-electron chi connectivity index (χ0n) is 26.2. The van der Waals surface area contributed by atoms with Crippen LogP contribution < -0.4 is 0 Å². The van der Waals surface area contributed by atoms with Gasteiger partial charge in [0.2, 0.25) is 0 Å². The van der Waals surface area contributed by atoms with E-state index in [0.717, 1.165) is 11.4 Å². The Hall–Kier alpha value is -6.38. The van der Waals surface area contributed by atoms with E-state index in [2.05, 4.69) is 191 Å². The van der Waals surface area contributed by atoms with Crippen LogP contribution in [-0.4, -0.2) is 9.13 Å². The van der Waals surface area contributed by atoms with Gasteiger partial charge in [-0.3, -0.25) is 0 Å². The van der Waals surface area contributed by atoms with Crippen LogP contribution in [0, 0.1) is 0 Å². The fraction of sp³-hybridized carbons (Fsp3) is 0. The summed E-state index contributed by atoms with van der Waals surface area (Å²) in [6, 6.07) is 66.3. The molecule has 224 valence electrons. The topological polar surface area (TPSA) is 9.86 Å². The summed E-state index contributed by atoms with van der Waals surface area (Å²) in [5.74, 6) is 0. The first kappa shape index (κ1) is 26.8. The standard InChI is InChI=1S/C46H30N2/c1-2-13-31(14-3-1)34-27-35(30-37(29-34)47-43-22-9-6-19-39(43)40-20-7-10-23-44(40)47)33-16-12-17-36(28-33)48-45-24-11-8-21-41(45)42-26-25-32-15-4-5-18-38(32)46(42)48/h1-30H. The van der Waals surface area contributed by atoms with E-state index in [-0.39, 0.29) is 0 Å². The molecule has 0 aliphatic carbocycles. The Morgan fingerprint density at radius 2 is 0.792 bits per heavy atom. The molecule has 0 N–H and O–H groups in total. The molecule has 2 heterocycles. The number of nitrogens with zero attached hydrogens (tertiary/aromatic N) is 2. The number of para-hydroxylation sites is 3. The van der Waals surface area contributed by atoms with Gasteiger partial charge < -0.3 is 9.13 Å². The zero-order valence-corrected chi connectivity index (χ0v) is 26.2. The fourth-order valence-electron chi connectivity index (χ4n) is 7.73. The maximum atomic E-state index is 2.45. The highest BCUT2D eigenvalue weighted by atomic mass is 15.0. The van der Waals surface area contributed by atoms with Gasteiger partial charge in [0.05, 0.1) is 22.1 Å². The van der Waals surface area contributed by atoms with Crippen molar-refractivity contribution in [2.24, 2.45) is 0 Å². The molecule has 0 atom stereocenters. The Balaban J connectivity index is 1.24. The Kier molecular flexibility index (Phi) is 5.91. The number of hydrogen-bond donors (Lipinski definition) is 0. The highest BCUT2D eigenvalue weighted by Gasteiger charge is 2.17. The van der Waals surface area contributed by atoms with Gasteiger partial charge >= 0.3 is 0 Å². The maximum absolute atomic E-state index is 2.45. The van der Waals surface area contributed by atoms with E-state index in [4.69, 9.17) is 0 Å². The van der Waals surface area contributed by atoms with Crippen LogP contribution in [-0.2, 0) is 0 Å². The molecule has 0 radical (unpaired) electrons. The van der Waals surface area contributed by atoms with Crippen molar-refractivity contribution in [1.29, 1.82) is 0 Å². The van der Waals surface area contributed by atoms with Crippen molar-refractivity contribution < 1.29 is 0 Å². The molecule has 8 aromatic carbocycles. The summed E-state index contributed by atoms with van der Waals surface area (Å²) in [7, 11) is 0. The normalized spacial score (nSPS) is 11.8. The van der Waals surface area contributed by atoms with Gasteiger partial charge in [-0.25, -0.2) is 0 Å². The van der Waals surface area contributed by atoms with E-state index >= 15 is 0 Å². The van der Waals surface area contributed by atoms with Gasteiger partial charge in [-0.05, 0) is 76.2 Å². The van der Waals surface area contributed by atoms with Crippen LogP contribution in [0.5, 0.6) is 0 Å². The Labute approximate surface area is 278 Å². The average Bonchev–Trinajstić information content (AvgIpc) is 3.69. The molecule has 10 aromatic rings. The Morgan fingerprint density at radius 3 is 1.50 bits per heavy atom. The van der Waals surface area contributed by atoms with Crippen LogP contribution in [0.1, 0.15) is 0 Å². The number of fused-ring (bicyclic) bond motifs is 8. The molecule has 0 aliphatic heterocycles. The second-order valence-electron chi connectivity index (χ2n) is 12.6. The van der Waals surface area contributed by atoms with Gasteiger partial charge in [0, 0.05) is 38.3 Å².